The van der Waals surface area contributed by atoms with Crippen molar-refractivity contribution in [2.24, 2.45) is 5.92 Å². The summed E-state index contributed by atoms with van der Waals surface area (Å²) in [6.07, 6.45) is 3.29. The van der Waals surface area contributed by atoms with Crippen molar-refractivity contribution in [3.05, 3.63) is 65.7 Å². The molecule has 2 aromatic rings. The van der Waals surface area contributed by atoms with Crippen LogP contribution in [0.5, 0.6) is 5.75 Å². The van der Waals surface area contributed by atoms with E-state index in [1.807, 2.05) is 30.3 Å². The summed E-state index contributed by atoms with van der Waals surface area (Å²) in [6, 6.07) is 18.5. The van der Waals surface area contributed by atoms with E-state index in [1.54, 1.807) is 7.11 Å². The molecule has 0 bridgehead atoms. The third-order valence-electron chi connectivity index (χ3n) is 6.04. The predicted molar refractivity (Wildman–Crippen MR) is 112 cm³/mol. The van der Waals surface area contributed by atoms with Gasteiger partial charge in [0.2, 0.25) is 5.91 Å². The lowest BCUT2D eigenvalue weighted by Crippen LogP contribution is -2.49. The number of hydrogen-bond acceptors (Lipinski definition) is 3. The summed E-state index contributed by atoms with van der Waals surface area (Å²) in [5.74, 6) is 2.09. The molecule has 0 unspecified atom stereocenters. The van der Waals surface area contributed by atoms with Crippen molar-refractivity contribution in [3.8, 4) is 5.75 Å². The molecule has 0 aromatic heterocycles. The van der Waals surface area contributed by atoms with Crippen molar-refractivity contribution in [2.45, 2.75) is 25.2 Å². The second-order valence-electron chi connectivity index (χ2n) is 8.07. The van der Waals surface area contributed by atoms with Gasteiger partial charge in [0.25, 0.3) is 0 Å². The first-order valence-electron chi connectivity index (χ1n) is 10.4. The molecule has 4 heteroatoms. The first-order chi connectivity index (χ1) is 13.7. The summed E-state index contributed by atoms with van der Waals surface area (Å²) < 4.78 is 5.29. The average molecular weight is 379 g/mol. The number of nitrogens with zero attached hydrogens (tertiary/aromatic N) is 2. The maximum absolute atomic E-state index is 13.1. The second-order valence-corrected chi connectivity index (χ2v) is 8.07. The maximum Gasteiger partial charge on any atom is 0.223 e. The normalized spacial score (nSPS) is 18.7. The fraction of sp³-hybridized carbons (Fsp3) is 0.458. The highest BCUT2D eigenvalue weighted by Crippen LogP contribution is 2.31. The van der Waals surface area contributed by atoms with E-state index in [9.17, 15) is 4.79 Å². The van der Waals surface area contributed by atoms with Gasteiger partial charge in [-0.05, 0) is 42.0 Å². The third-order valence-corrected chi connectivity index (χ3v) is 6.04. The van der Waals surface area contributed by atoms with Crippen LogP contribution < -0.4 is 4.74 Å². The molecule has 2 fully saturated rings. The summed E-state index contributed by atoms with van der Waals surface area (Å²) in [7, 11) is 1.68. The number of rotatable bonds is 7. The quantitative estimate of drug-likeness (QED) is 0.735. The van der Waals surface area contributed by atoms with Crippen molar-refractivity contribution in [1.29, 1.82) is 0 Å². The van der Waals surface area contributed by atoms with Crippen LogP contribution in [-0.4, -0.2) is 55.5 Å². The summed E-state index contributed by atoms with van der Waals surface area (Å²) in [6.45, 7) is 4.97. The molecule has 0 spiro atoms. The number of ether oxygens (including phenoxy) is 1. The number of hydrogen-bond donors (Lipinski definition) is 0. The number of carbonyl (C=O) groups is 1. The topological polar surface area (TPSA) is 32.8 Å². The van der Waals surface area contributed by atoms with E-state index >= 15 is 0 Å². The minimum atomic E-state index is 0.0732. The van der Waals surface area contributed by atoms with Gasteiger partial charge in [-0.2, -0.15) is 0 Å². The van der Waals surface area contributed by atoms with Crippen LogP contribution in [0.25, 0.3) is 0 Å². The highest BCUT2D eigenvalue weighted by Gasteiger charge is 2.28. The zero-order valence-corrected chi connectivity index (χ0v) is 16.7. The molecular formula is C24H30N2O2. The monoisotopic (exact) mass is 378 g/mol. The smallest absolute Gasteiger partial charge is 0.223 e. The van der Waals surface area contributed by atoms with Gasteiger partial charge in [0.1, 0.15) is 5.75 Å². The zero-order valence-electron chi connectivity index (χ0n) is 16.7. The molecular weight excluding hydrogens is 348 g/mol. The minimum Gasteiger partial charge on any atom is -0.497 e. The van der Waals surface area contributed by atoms with Crippen molar-refractivity contribution >= 4 is 5.91 Å². The fourth-order valence-corrected chi connectivity index (χ4v) is 4.10. The van der Waals surface area contributed by atoms with Crippen LogP contribution in [0.3, 0.4) is 0 Å². The molecule has 1 saturated carbocycles. The third kappa shape index (κ3) is 4.74. The Morgan fingerprint density at radius 3 is 2.21 bits per heavy atom. The van der Waals surface area contributed by atoms with Gasteiger partial charge < -0.3 is 9.64 Å². The lowest BCUT2D eigenvalue weighted by atomic mass is 9.88. The maximum atomic E-state index is 13.1. The standard InChI is InChI=1S/C24H30N2O2/c1-28-22-11-9-21(10-12-22)23(20-5-3-2-4-6-20)17-24(27)26-15-13-25(14-16-26)18-19-7-8-19/h2-6,9-12,19,23H,7-8,13-18H2,1H3/t23-/m1/s1. The van der Waals surface area contributed by atoms with Crippen LogP contribution in [0.4, 0.5) is 0 Å². The SMILES string of the molecule is COc1ccc([C@H](CC(=O)N2CCN(CC3CC3)CC2)c2ccccc2)cc1. The fourth-order valence-electron chi connectivity index (χ4n) is 4.10. The molecule has 0 N–H and O–H groups in total. The van der Waals surface area contributed by atoms with Crippen LogP contribution in [-0.2, 0) is 4.79 Å². The van der Waals surface area contributed by atoms with Gasteiger partial charge in [0.15, 0.2) is 0 Å². The Balaban J connectivity index is 1.43. The van der Waals surface area contributed by atoms with Gasteiger partial charge >= 0.3 is 0 Å². The van der Waals surface area contributed by atoms with Crippen LogP contribution in [0.15, 0.2) is 54.6 Å². The number of amides is 1. The summed E-state index contributed by atoms with van der Waals surface area (Å²) in [5, 5.41) is 0. The Labute approximate surface area is 168 Å². The number of piperazine rings is 1. The molecule has 148 valence electrons. The highest BCUT2D eigenvalue weighted by molar-refractivity contribution is 5.78. The molecule has 2 aliphatic rings. The Kier molecular flexibility index (Phi) is 5.96. The van der Waals surface area contributed by atoms with E-state index in [4.69, 9.17) is 4.74 Å². The number of methoxy groups -OCH3 is 1. The highest BCUT2D eigenvalue weighted by atomic mass is 16.5. The van der Waals surface area contributed by atoms with Crippen LogP contribution in [0, 0.1) is 5.92 Å². The number of benzene rings is 2. The molecule has 2 aromatic carbocycles. The molecule has 4 nitrogen and oxygen atoms in total. The molecule has 4 rings (SSSR count). The summed E-state index contributed by atoms with van der Waals surface area (Å²) in [5.41, 5.74) is 2.35. The van der Waals surface area contributed by atoms with Crippen molar-refractivity contribution in [2.75, 3.05) is 39.8 Å². The van der Waals surface area contributed by atoms with Gasteiger partial charge in [-0.1, -0.05) is 42.5 Å². The molecule has 1 amide bonds. The van der Waals surface area contributed by atoms with E-state index in [0.717, 1.165) is 43.4 Å². The largest absolute Gasteiger partial charge is 0.497 e. The Morgan fingerprint density at radius 1 is 0.964 bits per heavy atom. The summed E-state index contributed by atoms with van der Waals surface area (Å²) in [4.78, 5) is 17.7. The molecule has 1 aliphatic heterocycles. The molecule has 1 atom stereocenters. The molecule has 1 aliphatic carbocycles. The lowest BCUT2D eigenvalue weighted by Gasteiger charge is -2.35. The van der Waals surface area contributed by atoms with E-state index in [0.29, 0.717) is 6.42 Å². The minimum absolute atomic E-state index is 0.0732. The van der Waals surface area contributed by atoms with Crippen LogP contribution in [0.2, 0.25) is 0 Å². The Hall–Kier alpha value is -2.33. The lowest BCUT2D eigenvalue weighted by molar-refractivity contribution is -0.133. The van der Waals surface area contributed by atoms with Gasteiger partial charge in [0, 0.05) is 45.1 Å². The van der Waals surface area contributed by atoms with Gasteiger partial charge in [0.05, 0.1) is 7.11 Å². The van der Waals surface area contributed by atoms with Crippen LogP contribution in [0.1, 0.15) is 36.3 Å². The van der Waals surface area contributed by atoms with Gasteiger partial charge in [-0.25, -0.2) is 0 Å². The van der Waals surface area contributed by atoms with Gasteiger partial charge in [-0.3, -0.25) is 9.69 Å². The van der Waals surface area contributed by atoms with E-state index in [1.165, 1.54) is 24.9 Å². The van der Waals surface area contributed by atoms with E-state index in [-0.39, 0.29) is 11.8 Å². The average Bonchev–Trinajstić information content (AvgIpc) is 3.57. The van der Waals surface area contributed by atoms with Crippen LogP contribution >= 0.6 is 0 Å². The molecule has 1 heterocycles. The van der Waals surface area contributed by atoms with Crippen molar-refractivity contribution in [3.63, 3.8) is 0 Å². The van der Waals surface area contributed by atoms with E-state index in [2.05, 4.69) is 34.1 Å². The predicted octanol–water partition coefficient (Wildman–Crippen LogP) is 3.77. The van der Waals surface area contributed by atoms with Crippen molar-refractivity contribution in [1.82, 2.24) is 9.80 Å². The Morgan fingerprint density at radius 2 is 1.61 bits per heavy atom. The molecule has 28 heavy (non-hydrogen) atoms. The first kappa shape index (κ1) is 19.0. The summed E-state index contributed by atoms with van der Waals surface area (Å²) >= 11 is 0. The van der Waals surface area contributed by atoms with E-state index < -0.39 is 0 Å². The molecule has 1 saturated heterocycles. The Bertz CT molecular complexity index is 763. The number of carbonyl (C=O) groups excluding carboxylic acids is 1. The zero-order chi connectivity index (χ0) is 19.3. The molecule has 0 radical (unpaired) electrons. The van der Waals surface area contributed by atoms with Gasteiger partial charge in [-0.15, -0.1) is 0 Å². The van der Waals surface area contributed by atoms with Crippen molar-refractivity contribution < 1.29 is 9.53 Å². The second kappa shape index (κ2) is 8.78. The first-order valence-corrected chi connectivity index (χ1v) is 10.4.